The second kappa shape index (κ2) is 5.01. The summed E-state index contributed by atoms with van der Waals surface area (Å²) in [6.07, 6.45) is 4.40. The van der Waals surface area contributed by atoms with Crippen molar-refractivity contribution in [2.75, 3.05) is 0 Å². The van der Waals surface area contributed by atoms with Crippen LogP contribution >= 0.6 is 11.3 Å². The van der Waals surface area contributed by atoms with E-state index in [1.165, 1.54) is 15.3 Å². The molecule has 1 nitrogen and oxygen atoms in total. The summed E-state index contributed by atoms with van der Waals surface area (Å²) in [6, 6.07) is 6.53. The first kappa shape index (κ1) is 12.3. The largest absolute Gasteiger partial charge is 0.241 e. The van der Waals surface area contributed by atoms with Crippen molar-refractivity contribution >= 4 is 27.6 Å². The molecule has 0 N–H and O–H groups in total. The molecular formula is C15H19NS. The summed E-state index contributed by atoms with van der Waals surface area (Å²) in [5.74, 6) is 1.11. The fourth-order valence-corrected chi connectivity index (χ4v) is 2.57. The quantitative estimate of drug-likeness (QED) is 0.734. The fourth-order valence-electron chi connectivity index (χ4n) is 1.62. The molecule has 0 aliphatic rings. The molecular weight excluding hydrogens is 226 g/mol. The molecule has 2 aromatic rings. The average Bonchev–Trinajstić information content (AvgIpc) is 2.69. The Morgan fingerprint density at radius 2 is 1.94 bits per heavy atom. The Labute approximate surface area is 107 Å². The van der Waals surface area contributed by atoms with Crippen LogP contribution in [0.3, 0.4) is 0 Å². The molecule has 90 valence electrons. The molecule has 17 heavy (non-hydrogen) atoms. The summed E-state index contributed by atoms with van der Waals surface area (Å²) in [4.78, 5) is 4.68. The molecule has 1 heterocycles. The van der Waals surface area contributed by atoms with E-state index in [2.05, 4.69) is 63.0 Å². The van der Waals surface area contributed by atoms with Crippen molar-refractivity contribution in [1.29, 1.82) is 0 Å². The van der Waals surface area contributed by atoms with Crippen LogP contribution in [0.2, 0.25) is 0 Å². The van der Waals surface area contributed by atoms with Gasteiger partial charge in [-0.25, -0.2) is 4.98 Å². The van der Waals surface area contributed by atoms with Crippen LogP contribution < -0.4 is 0 Å². The minimum absolute atomic E-state index is 0.516. The monoisotopic (exact) mass is 245 g/mol. The molecule has 0 atom stereocenters. The summed E-state index contributed by atoms with van der Waals surface area (Å²) in [5.41, 5.74) is 2.37. The summed E-state index contributed by atoms with van der Waals surface area (Å²) >= 11 is 1.80. The van der Waals surface area contributed by atoms with E-state index in [9.17, 15) is 0 Å². The molecule has 0 amide bonds. The third-order valence-electron chi connectivity index (χ3n) is 2.60. The van der Waals surface area contributed by atoms with Crippen molar-refractivity contribution in [3.8, 4) is 0 Å². The van der Waals surface area contributed by atoms with Gasteiger partial charge in [0.1, 0.15) is 0 Å². The Balaban J connectivity index is 2.36. The number of aromatic nitrogens is 1. The van der Waals surface area contributed by atoms with Crippen molar-refractivity contribution in [1.82, 2.24) is 4.98 Å². The number of hydrogen-bond donors (Lipinski definition) is 0. The van der Waals surface area contributed by atoms with Crippen LogP contribution in [0.5, 0.6) is 0 Å². The van der Waals surface area contributed by atoms with Gasteiger partial charge >= 0.3 is 0 Å². The molecule has 1 aromatic heterocycles. The number of rotatable bonds is 3. The number of thiazole rings is 1. The van der Waals surface area contributed by atoms with Gasteiger partial charge in [0.25, 0.3) is 0 Å². The van der Waals surface area contributed by atoms with Gasteiger partial charge in [-0.3, -0.25) is 0 Å². The minimum Gasteiger partial charge on any atom is -0.241 e. The number of fused-ring (bicyclic) bond motifs is 1. The van der Waals surface area contributed by atoms with Crippen molar-refractivity contribution in [3.63, 3.8) is 0 Å². The van der Waals surface area contributed by atoms with Crippen LogP contribution in [0.25, 0.3) is 16.3 Å². The van der Waals surface area contributed by atoms with Gasteiger partial charge in [0.2, 0.25) is 0 Å². The highest BCUT2D eigenvalue weighted by Gasteiger charge is 2.06. The fraction of sp³-hybridized carbons (Fsp3) is 0.400. The van der Waals surface area contributed by atoms with Gasteiger partial charge in [-0.05, 0) is 23.6 Å². The lowest BCUT2D eigenvalue weighted by atomic mass is 10.1. The predicted octanol–water partition coefficient (Wildman–Crippen LogP) is 5.09. The molecule has 0 radical (unpaired) electrons. The van der Waals surface area contributed by atoms with E-state index >= 15 is 0 Å². The van der Waals surface area contributed by atoms with Crippen molar-refractivity contribution in [2.45, 2.75) is 33.6 Å². The molecule has 0 spiro atoms. The zero-order valence-corrected chi connectivity index (χ0v) is 11.7. The van der Waals surface area contributed by atoms with Gasteiger partial charge < -0.3 is 0 Å². The predicted molar refractivity (Wildman–Crippen MR) is 77.6 cm³/mol. The Hall–Kier alpha value is -1.15. The lowest BCUT2D eigenvalue weighted by Gasteiger charge is -1.96. The summed E-state index contributed by atoms with van der Waals surface area (Å²) in [7, 11) is 0. The number of benzene rings is 1. The smallest absolute Gasteiger partial charge is 0.0963 e. The topological polar surface area (TPSA) is 12.9 Å². The van der Waals surface area contributed by atoms with E-state index in [0.717, 1.165) is 5.52 Å². The van der Waals surface area contributed by atoms with Crippen LogP contribution in [0.15, 0.2) is 24.3 Å². The van der Waals surface area contributed by atoms with Crippen LogP contribution in [-0.2, 0) is 0 Å². The summed E-state index contributed by atoms with van der Waals surface area (Å²) < 4.78 is 1.29. The maximum absolute atomic E-state index is 4.68. The standard InChI is InChI=1S/C15H19NS/c1-10(2)5-6-12-7-8-14-13(9-12)16-15(17-14)11(3)4/h5-11H,1-4H3/b6-5+. The molecule has 0 bridgehead atoms. The molecule has 0 unspecified atom stereocenters. The Morgan fingerprint density at radius 1 is 1.18 bits per heavy atom. The van der Waals surface area contributed by atoms with Gasteiger partial charge in [0.15, 0.2) is 0 Å². The van der Waals surface area contributed by atoms with Crippen LogP contribution in [0, 0.1) is 5.92 Å². The summed E-state index contributed by atoms with van der Waals surface area (Å²) in [5, 5.41) is 1.23. The highest BCUT2D eigenvalue weighted by atomic mass is 32.1. The normalized spacial score (nSPS) is 12.4. The first-order valence-corrected chi connectivity index (χ1v) is 6.96. The maximum Gasteiger partial charge on any atom is 0.0963 e. The molecule has 2 rings (SSSR count). The molecule has 0 fully saturated rings. The van der Waals surface area contributed by atoms with E-state index in [1.807, 2.05) is 0 Å². The number of allylic oxidation sites excluding steroid dienone is 1. The molecule has 2 heteroatoms. The maximum atomic E-state index is 4.68. The summed E-state index contributed by atoms with van der Waals surface area (Å²) in [6.45, 7) is 8.76. The van der Waals surface area contributed by atoms with E-state index in [-0.39, 0.29) is 0 Å². The highest BCUT2D eigenvalue weighted by molar-refractivity contribution is 7.18. The second-order valence-electron chi connectivity index (χ2n) is 5.04. The molecule has 1 aromatic carbocycles. The number of hydrogen-bond acceptors (Lipinski definition) is 2. The van der Waals surface area contributed by atoms with Gasteiger partial charge in [-0.1, -0.05) is 45.9 Å². The Morgan fingerprint density at radius 3 is 2.59 bits per heavy atom. The molecule has 0 aliphatic carbocycles. The van der Waals surface area contributed by atoms with Gasteiger partial charge in [-0.2, -0.15) is 0 Å². The zero-order chi connectivity index (χ0) is 12.4. The Bertz CT molecular complexity index is 535. The molecule has 0 saturated heterocycles. The van der Waals surface area contributed by atoms with Crippen molar-refractivity contribution in [3.05, 3.63) is 34.8 Å². The minimum atomic E-state index is 0.516. The van der Waals surface area contributed by atoms with Crippen LogP contribution in [0.4, 0.5) is 0 Å². The zero-order valence-electron chi connectivity index (χ0n) is 10.9. The highest BCUT2D eigenvalue weighted by Crippen LogP contribution is 2.28. The van der Waals surface area contributed by atoms with Gasteiger partial charge in [0, 0.05) is 5.92 Å². The van der Waals surface area contributed by atoms with Crippen molar-refractivity contribution in [2.24, 2.45) is 5.92 Å². The third-order valence-corrected chi connectivity index (χ3v) is 3.93. The Kier molecular flexibility index (Phi) is 3.63. The van der Waals surface area contributed by atoms with E-state index in [4.69, 9.17) is 0 Å². The van der Waals surface area contributed by atoms with Crippen LogP contribution in [0.1, 0.15) is 44.2 Å². The lowest BCUT2D eigenvalue weighted by Crippen LogP contribution is -1.83. The molecule has 0 saturated carbocycles. The van der Waals surface area contributed by atoms with E-state index < -0.39 is 0 Å². The third kappa shape index (κ3) is 2.95. The second-order valence-corrected chi connectivity index (χ2v) is 6.10. The first-order valence-electron chi connectivity index (χ1n) is 6.15. The van der Waals surface area contributed by atoms with E-state index in [1.54, 1.807) is 11.3 Å². The lowest BCUT2D eigenvalue weighted by molar-refractivity contribution is 0.836. The van der Waals surface area contributed by atoms with Crippen molar-refractivity contribution < 1.29 is 0 Å². The average molecular weight is 245 g/mol. The molecule has 0 aliphatic heterocycles. The first-order chi connectivity index (χ1) is 8.06. The van der Waals surface area contributed by atoms with Crippen LogP contribution in [-0.4, -0.2) is 4.98 Å². The van der Waals surface area contributed by atoms with E-state index in [0.29, 0.717) is 11.8 Å². The van der Waals surface area contributed by atoms with Gasteiger partial charge in [-0.15, -0.1) is 11.3 Å². The number of nitrogens with zero attached hydrogens (tertiary/aromatic N) is 1. The van der Waals surface area contributed by atoms with Gasteiger partial charge in [0.05, 0.1) is 15.2 Å². The SMILES string of the molecule is CC(C)/C=C/c1ccc2sc(C(C)C)nc2c1.